The molecular weight excluding hydrogens is 300 g/mol. The van der Waals surface area contributed by atoms with Crippen LogP contribution in [0.3, 0.4) is 0 Å². The molecule has 1 unspecified atom stereocenters. The number of rotatable bonds is 16. The summed E-state index contributed by atoms with van der Waals surface area (Å²) in [4.78, 5) is 14.4. The highest BCUT2D eigenvalue weighted by molar-refractivity contribution is 6.21. The van der Waals surface area contributed by atoms with Crippen molar-refractivity contribution in [3.8, 4) is 0 Å². The van der Waals surface area contributed by atoms with Gasteiger partial charge >= 0.3 is 5.97 Å². The maximum absolute atomic E-state index is 10.8. The van der Waals surface area contributed by atoms with Crippen LogP contribution in [-0.4, -0.2) is 16.6 Å². The number of unbranched alkanes of at least 4 members (excludes halogenated alkanes) is 12. The molecule has 0 aromatic rings. The van der Waals surface area contributed by atoms with Gasteiger partial charge in [0.25, 0.3) is 0 Å². The van der Waals surface area contributed by atoms with E-state index < -0.39 is 5.97 Å². The number of carbonyl (C=O) groups excluding carboxylic acids is 1. The monoisotopic (exact) mass is 334 g/mol. The summed E-state index contributed by atoms with van der Waals surface area (Å²) in [6, 6.07) is 0. The predicted octanol–water partition coefficient (Wildman–Crippen LogP) is 6.48. The number of hydrogen-bond donors (Lipinski definition) is 1. The van der Waals surface area contributed by atoms with Gasteiger partial charge in [0.05, 0.1) is 6.42 Å². The molecule has 0 radical (unpaired) electrons. The van der Waals surface area contributed by atoms with Crippen molar-refractivity contribution >= 4 is 17.6 Å². The fourth-order valence-electron chi connectivity index (χ4n) is 2.70. The van der Waals surface area contributed by atoms with Gasteiger partial charge in [-0.3, -0.25) is 0 Å². The lowest BCUT2D eigenvalue weighted by molar-refractivity contribution is -0.234. The van der Waals surface area contributed by atoms with Crippen LogP contribution in [-0.2, 0) is 9.68 Å². The normalized spacial score (nSPS) is 12.3. The smallest absolute Gasteiger partial charge is 0.301 e. The van der Waals surface area contributed by atoms with Gasteiger partial charge in [-0.05, 0) is 6.42 Å². The molecule has 22 heavy (non-hydrogen) atoms. The SMILES string of the molecule is CCCCCCCCCCCCCCCC(Cl)CC(=O)OO. The van der Waals surface area contributed by atoms with Gasteiger partial charge in [-0.15, -0.1) is 11.6 Å². The maximum atomic E-state index is 10.8. The molecule has 0 saturated carbocycles. The molecule has 0 amide bonds. The number of halogens is 1. The Morgan fingerprint density at radius 2 is 1.27 bits per heavy atom. The molecular formula is C18H35ClO3. The highest BCUT2D eigenvalue weighted by Gasteiger charge is 2.11. The topological polar surface area (TPSA) is 46.5 Å². The third kappa shape index (κ3) is 16.1. The van der Waals surface area contributed by atoms with Gasteiger partial charge in [0.15, 0.2) is 0 Å². The first-order valence-electron chi connectivity index (χ1n) is 9.19. The van der Waals surface area contributed by atoms with Gasteiger partial charge in [-0.2, -0.15) is 5.26 Å². The lowest BCUT2D eigenvalue weighted by atomic mass is 10.0. The molecule has 0 rings (SSSR count). The number of alkyl halides is 1. The summed E-state index contributed by atoms with van der Waals surface area (Å²) in [6.07, 6.45) is 18.1. The Morgan fingerprint density at radius 3 is 1.68 bits per heavy atom. The van der Waals surface area contributed by atoms with Crippen molar-refractivity contribution in [3.05, 3.63) is 0 Å². The second-order valence-corrected chi connectivity index (χ2v) is 6.91. The first-order chi connectivity index (χ1) is 10.7. The molecule has 0 aromatic heterocycles. The Hall–Kier alpha value is -0.280. The summed E-state index contributed by atoms with van der Waals surface area (Å²) < 4.78 is 0. The molecule has 132 valence electrons. The van der Waals surface area contributed by atoms with Gasteiger partial charge in [-0.25, -0.2) is 4.79 Å². The first kappa shape index (κ1) is 21.7. The number of carbonyl (C=O) groups is 1. The van der Waals surface area contributed by atoms with Crippen molar-refractivity contribution < 1.29 is 14.9 Å². The van der Waals surface area contributed by atoms with E-state index in [-0.39, 0.29) is 11.8 Å². The van der Waals surface area contributed by atoms with Gasteiger partial charge in [0.1, 0.15) is 0 Å². The van der Waals surface area contributed by atoms with E-state index in [9.17, 15) is 4.79 Å². The molecule has 4 heteroatoms. The second-order valence-electron chi connectivity index (χ2n) is 6.30. The lowest BCUT2D eigenvalue weighted by Crippen LogP contribution is -2.09. The molecule has 0 bridgehead atoms. The van der Waals surface area contributed by atoms with E-state index in [1.54, 1.807) is 0 Å². The summed E-state index contributed by atoms with van der Waals surface area (Å²) in [5.74, 6) is -0.644. The quantitative estimate of drug-likeness (QED) is 0.152. The molecule has 0 heterocycles. The summed E-state index contributed by atoms with van der Waals surface area (Å²) in [5, 5.41) is 7.94. The minimum absolute atomic E-state index is 0.0936. The van der Waals surface area contributed by atoms with Gasteiger partial charge in [-0.1, -0.05) is 90.4 Å². The molecule has 0 fully saturated rings. The predicted molar refractivity (Wildman–Crippen MR) is 93.3 cm³/mol. The van der Waals surface area contributed by atoms with Crippen molar-refractivity contribution in [2.75, 3.05) is 0 Å². The van der Waals surface area contributed by atoms with E-state index in [1.165, 1.54) is 77.0 Å². The Kier molecular flexibility index (Phi) is 16.9. The molecule has 3 nitrogen and oxygen atoms in total. The molecule has 0 aliphatic rings. The van der Waals surface area contributed by atoms with Crippen LogP contribution >= 0.6 is 11.6 Å². The van der Waals surface area contributed by atoms with E-state index >= 15 is 0 Å². The lowest BCUT2D eigenvalue weighted by Gasteiger charge is -2.07. The summed E-state index contributed by atoms with van der Waals surface area (Å²) in [6.45, 7) is 2.26. The summed E-state index contributed by atoms with van der Waals surface area (Å²) in [7, 11) is 0. The van der Waals surface area contributed by atoms with Crippen molar-refractivity contribution in [2.45, 2.75) is 109 Å². The highest BCUT2D eigenvalue weighted by atomic mass is 35.5. The third-order valence-corrected chi connectivity index (χ3v) is 4.48. The van der Waals surface area contributed by atoms with E-state index in [0.29, 0.717) is 0 Å². The van der Waals surface area contributed by atoms with Gasteiger partial charge < -0.3 is 4.89 Å². The Labute approximate surface area is 141 Å². The van der Waals surface area contributed by atoms with E-state index in [1.807, 2.05) is 0 Å². The molecule has 0 aliphatic heterocycles. The fraction of sp³-hybridized carbons (Fsp3) is 0.944. The summed E-state index contributed by atoms with van der Waals surface area (Å²) in [5.41, 5.74) is 0. The minimum atomic E-state index is -0.644. The fourth-order valence-corrected chi connectivity index (χ4v) is 2.98. The molecule has 0 spiro atoms. The van der Waals surface area contributed by atoms with Crippen LogP contribution in [0.25, 0.3) is 0 Å². The molecule has 0 aromatic carbocycles. The summed E-state index contributed by atoms with van der Waals surface area (Å²) >= 11 is 5.99. The molecule has 1 atom stereocenters. The zero-order valence-corrected chi connectivity index (χ0v) is 15.1. The van der Waals surface area contributed by atoms with Crippen molar-refractivity contribution in [3.63, 3.8) is 0 Å². The van der Waals surface area contributed by atoms with E-state index in [4.69, 9.17) is 16.9 Å². The average Bonchev–Trinajstić information content (AvgIpc) is 2.51. The van der Waals surface area contributed by atoms with Gasteiger partial charge in [0, 0.05) is 5.38 Å². The average molecular weight is 335 g/mol. The van der Waals surface area contributed by atoms with Crippen LogP contribution < -0.4 is 0 Å². The van der Waals surface area contributed by atoms with E-state index in [0.717, 1.165) is 12.8 Å². The van der Waals surface area contributed by atoms with Crippen LogP contribution in [0.1, 0.15) is 103 Å². The molecule has 0 saturated heterocycles. The van der Waals surface area contributed by atoms with Crippen LogP contribution in [0.2, 0.25) is 0 Å². The highest BCUT2D eigenvalue weighted by Crippen LogP contribution is 2.16. The molecule has 0 aliphatic carbocycles. The van der Waals surface area contributed by atoms with Gasteiger partial charge in [0.2, 0.25) is 0 Å². The van der Waals surface area contributed by atoms with Crippen molar-refractivity contribution in [1.82, 2.24) is 0 Å². The Balaban J connectivity index is 3.12. The van der Waals surface area contributed by atoms with Crippen LogP contribution in [0, 0.1) is 0 Å². The Bertz CT molecular complexity index is 246. The number of hydrogen-bond acceptors (Lipinski definition) is 3. The minimum Gasteiger partial charge on any atom is -0.301 e. The van der Waals surface area contributed by atoms with E-state index in [2.05, 4.69) is 11.8 Å². The first-order valence-corrected chi connectivity index (χ1v) is 9.62. The maximum Gasteiger partial charge on any atom is 0.343 e. The second kappa shape index (κ2) is 17.1. The zero-order chi connectivity index (χ0) is 16.5. The van der Waals surface area contributed by atoms with Crippen molar-refractivity contribution in [2.24, 2.45) is 0 Å². The standard InChI is InChI=1S/C18H35ClO3/c1-2-3-4-5-6-7-8-9-10-11-12-13-14-15-17(19)16-18(20)22-21/h17,21H,2-16H2,1H3. The third-order valence-electron chi connectivity index (χ3n) is 4.11. The van der Waals surface area contributed by atoms with Crippen LogP contribution in [0.4, 0.5) is 0 Å². The van der Waals surface area contributed by atoms with Crippen molar-refractivity contribution in [1.29, 1.82) is 0 Å². The Morgan fingerprint density at radius 1 is 0.864 bits per heavy atom. The zero-order valence-electron chi connectivity index (χ0n) is 14.3. The van der Waals surface area contributed by atoms with Crippen LogP contribution in [0.15, 0.2) is 0 Å². The largest absolute Gasteiger partial charge is 0.343 e. The molecule has 1 N–H and O–H groups in total. The van der Waals surface area contributed by atoms with Crippen LogP contribution in [0.5, 0.6) is 0 Å².